The van der Waals surface area contributed by atoms with Crippen molar-refractivity contribution in [3.05, 3.63) is 48.0 Å². The maximum Gasteiger partial charge on any atom is 0.243 e. The molecule has 2 atom stereocenters. The Bertz CT molecular complexity index is 913. The van der Waals surface area contributed by atoms with Crippen LogP contribution in [0.4, 0.5) is 5.69 Å². The van der Waals surface area contributed by atoms with Crippen LogP contribution in [0.2, 0.25) is 0 Å². The molecule has 154 valence electrons. The zero-order valence-electron chi connectivity index (χ0n) is 16.0. The molecule has 3 amide bonds. The van der Waals surface area contributed by atoms with Crippen molar-refractivity contribution in [2.24, 2.45) is 5.73 Å². The highest BCUT2D eigenvalue weighted by atomic mass is 16.3. The van der Waals surface area contributed by atoms with Crippen molar-refractivity contribution >= 4 is 23.4 Å². The molecule has 0 fully saturated rings. The van der Waals surface area contributed by atoms with Crippen LogP contribution in [0.15, 0.2) is 42.5 Å². The van der Waals surface area contributed by atoms with Crippen molar-refractivity contribution in [3.8, 4) is 17.2 Å². The lowest BCUT2D eigenvalue weighted by molar-refractivity contribution is -0.129. The second-order valence-corrected chi connectivity index (χ2v) is 6.57. The number of nitrogens with zero attached hydrogens (tertiary/aromatic N) is 1. The van der Waals surface area contributed by atoms with Gasteiger partial charge in [-0.05, 0) is 36.8 Å². The van der Waals surface area contributed by atoms with E-state index >= 15 is 0 Å². The summed E-state index contributed by atoms with van der Waals surface area (Å²) in [5.41, 5.74) is 6.27. The zero-order chi connectivity index (χ0) is 21.7. The molecule has 0 unspecified atom stereocenters. The number of benzene rings is 2. The number of hydrogen-bond donors (Lipinski definition) is 5. The van der Waals surface area contributed by atoms with E-state index in [-0.39, 0.29) is 23.6 Å². The number of phenolic OH excluding ortho intramolecular Hbond substituents is 3. The normalized spacial score (nSPS) is 12.6. The average Bonchev–Trinajstić information content (AvgIpc) is 2.65. The number of carbonyl (C=O) groups excluding carboxylic acids is 3. The Kier molecular flexibility index (Phi) is 6.66. The molecule has 0 aliphatic rings. The molecule has 6 N–H and O–H groups in total. The third-order valence-electron chi connectivity index (χ3n) is 4.38. The van der Waals surface area contributed by atoms with Gasteiger partial charge in [0.05, 0.1) is 0 Å². The van der Waals surface area contributed by atoms with Crippen molar-refractivity contribution in [2.75, 3.05) is 4.90 Å². The molecule has 2 aromatic rings. The second kappa shape index (κ2) is 8.96. The molecule has 0 aliphatic carbocycles. The van der Waals surface area contributed by atoms with E-state index in [0.29, 0.717) is 5.56 Å². The summed E-state index contributed by atoms with van der Waals surface area (Å²) >= 11 is 0. The van der Waals surface area contributed by atoms with Gasteiger partial charge < -0.3 is 31.3 Å². The predicted octanol–water partition coefficient (Wildman–Crippen LogP) is 0.758. The van der Waals surface area contributed by atoms with E-state index in [2.05, 4.69) is 5.32 Å². The minimum absolute atomic E-state index is 0.0660. The maximum absolute atomic E-state index is 12.7. The fourth-order valence-corrected chi connectivity index (χ4v) is 2.84. The SMILES string of the molecule is CC(=O)N(c1ccc(O)c(O)c1)[C@@H](C)C(=O)N[C@@H](Cc1ccc(O)cc1)C(N)=O. The van der Waals surface area contributed by atoms with Crippen LogP contribution in [0.25, 0.3) is 0 Å². The summed E-state index contributed by atoms with van der Waals surface area (Å²) in [6, 6.07) is 7.77. The van der Waals surface area contributed by atoms with Crippen LogP contribution in [0.3, 0.4) is 0 Å². The number of nitrogens with two attached hydrogens (primary N) is 1. The summed E-state index contributed by atoms with van der Waals surface area (Å²) in [5, 5.41) is 31.0. The standard InChI is InChI=1S/C20H23N3O6/c1-11(23(12(2)24)14-5-8-17(26)18(27)10-14)20(29)22-16(19(21)28)9-13-3-6-15(25)7-4-13/h3-8,10-11,16,25-27H,9H2,1-2H3,(H2,21,28)(H,22,29)/t11-,16-/m0/s1. The molecule has 0 aromatic heterocycles. The van der Waals surface area contributed by atoms with Crippen LogP contribution in [0.5, 0.6) is 17.2 Å². The van der Waals surface area contributed by atoms with Crippen LogP contribution in [-0.4, -0.2) is 45.1 Å². The molecular formula is C20H23N3O6. The number of hydrogen-bond acceptors (Lipinski definition) is 6. The van der Waals surface area contributed by atoms with E-state index in [4.69, 9.17) is 5.73 Å². The minimum Gasteiger partial charge on any atom is -0.508 e. The van der Waals surface area contributed by atoms with Gasteiger partial charge in [0.25, 0.3) is 0 Å². The molecule has 0 saturated carbocycles. The molecule has 29 heavy (non-hydrogen) atoms. The topological polar surface area (TPSA) is 153 Å². The first-order valence-corrected chi connectivity index (χ1v) is 8.79. The largest absolute Gasteiger partial charge is 0.508 e. The van der Waals surface area contributed by atoms with Gasteiger partial charge in [-0.3, -0.25) is 14.4 Å². The Morgan fingerprint density at radius 2 is 1.66 bits per heavy atom. The molecule has 0 aliphatic heterocycles. The summed E-state index contributed by atoms with van der Waals surface area (Å²) < 4.78 is 0. The molecule has 0 bridgehead atoms. The van der Waals surface area contributed by atoms with Crippen LogP contribution in [-0.2, 0) is 20.8 Å². The van der Waals surface area contributed by atoms with Gasteiger partial charge in [0.15, 0.2) is 11.5 Å². The number of primary amides is 1. The quantitative estimate of drug-likeness (QED) is 0.432. The van der Waals surface area contributed by atoms with E-state index in [1.54, 1.807) is 12.1 Å². The first-order valence-electron chi connectivity index (χ1n) is 8.79. The lowest BCUT2D eigenvalue weighted by atomic mass is 10.0. The molecule has 0 radical (unpaired) electrons. The zero-order valence-corrected chi connectivity index (χ0v) is 16.0. The first-order chi connectivity index (χ1) is 13.6. The fraction of sp³-hybridized carbons (Fsp3) is 0.250. The van der Waals surface area contributed by atoms with Gasteiger partial charge in [-0.25, -0.2) is 0 Å². The third kappa shape index (κ3) is 5.38. The van der Waals surface area contributed by atoms with Gasteiger partial charge in [0.2, 0.25) is 17.7 Å². The minimum atomic E-state index is -1.03. The Morgan fingerprint density at radius 3 is 2.17 bits per heavy atom. The predicted molar refractivity (Wildman–Crippen MR) is 105 cm³/mol. The summed E-state index contributed by atoms with van der Waals surface area (Å²) in [5.74, 6) is -2.60. The Labute approximate surface area is 167 Å². The van der Waals surface area contributed by atoms with E-state index in [1.165, 1.54) is 38.1 Å². The van der Waals surface area contributed by atoms with E-state index < -0.39 is 35.6 Å². The third-order valence-corrected chi connectivity index (χ3v) is 4.38. The second-order valence-electron chi connectivity index (χ2n) is 6.57. The molecule has 9 nitrogen and oxygen atoms in total. The maximum atomic E-state index is 12.7. The molecule has 0 heterocycles. The van der Waals surface area contributed by atoms with Crippen molar-refractivity contribution in [1.82, 2.24) is 5.32 Å². The lowest BCUT2D eigenvalue weighted by Crippen LogP contribution is -2.53. The number of aromatic hydroxyl groups is 3. The van der Waals surface area contributed by atoms with Gasteiger partial charge >= 0.3 is 0 Å². The highest BCUT2D eigenvalue weighted by molar-refractivity contribution is 6.00. The Morgan fingerprint density at radius 1 is 1.03 bits per heavy atom. The number of carbonyl (C=O) groups is 3. The molecule has 9 heteroatoms. The lowest BCUT2D eigenvalue weighted by Gasteiger charge is -2.29. The molecule has 2 aromatic carbocycles. The van der Waals surface area contributed by atoms with E-state index in [1.807, 2.05) is 0 Å². The smallest absolute Gasteiger partial charge is 0.243 e. The molecule has 0 saturated heterocycles. The van der Waals surface area contributed by atoms with Gasteiger partial charge in [-0.1, -0.05) is 12.1 Å². The van der Waals surface area contributed by atoms with Crippen molar-refractivity contribution in [1.29, 1.82) is 0 Å². The van der Waals surface area contributed by atoms with E-state index in [0.717, 1.165) is 11.0 Å². The first kappa shape index (κ1) is 21.5. The molecule has 0 spiro atoms. The Balaban J connectivity index is 2.19. The van der Waals surface area contributed by atoms with Crippen molar-refractivity contribution in [2.45, 2.75) is 32.4 Å². The van der Waals surface area contributed by atoms with Crippen molar-refractivity contribution in [3.63, 3.8) is 0 Å². The van der Waals surface area contributed by atoms with Crippen LogP contribution < -0.4 is 16.0 Å². The molecular weight excluding hydrogens is 378 g/mol. The number of amides is 3. The number of nitrogens with one attached hydrogen (secondary N) is 1. The average molecular weight is 401 g/mol. The number of anilines is 1. The van der Waals surface area contributed by atoms with Gasteiger partial charge in [0.1, 0.15) is 17.8 Å². The fourth-order valence-electron chi connectivity index (χ4n) is 2.84. The van der Waals surface area contributed by atoms with Crippen molar-refractivity contribution < 1.29 is 29.7 Å². The highest BCUT2D eigenvalue weighted by Gasteiger charge is 2.29. The van der Waals surface area contributed by atoms with E-state index in [9.17, 15) is 29.7 Å². The summed E-state index contributed by atoms with van der Waals surface area (Å²) in [4.78, 5) is 37.7. The van der Waals surface area contributed by atoms with Gasteiger partial charge in [0, 0.05) is 25.1 Å². The summed E-state index contributed by atoms with van der Waals surface area (Å²) in [6.07, 6.45) is 0.105. The summed E-state index contributed by atoms with van der Waals surface area (Å²) in [6.45, 7) is 2.70. The summed E-state index contributed by atoms with van der Waals surface area (Å²) in [7, 11) is 0. The monoisotopic (exact) mass is 401 g/mol. The van der Waals surface area contributed by atoms with Crippen LogP contribution in [0.1, 0.15) is 19.4 Å². The number of rotatable bonds is 7. The molecule has 2 rings (SSSR count). The van der Waals surface area contributed by atoms with Gasteiger partial charge in [-0.2, -0.15) is 0 Å². The van der Waals surface area contributed by atoms with Gasteiger partial charge in [-0.15, -0.1) is 0 Å². The van der Waals surface area contributed by atoms with Crippen LogP contribution in [0, 0.1) is 0 Å². The van der Waals surface area contributed by atoms with Crippen LogP contribution >= 0.6 is 0 Å². The number of phenols is 3. The Hall–Kier alpha value is -3.75. The highest BCUT2D eigenvalue weighted by Crippen LogP contribution is 2.30.